The number of benzene rings is 2. The highest BCUT2D eigenvalue weighted by Crippen LogP contribution is 2.40. The Morgan fingerprint density at radius 2 is 1.46 bits per heavy atom. The maximum atomic E-state index is 2.54. The van der Waals surface area contributed by atoms with Crippen molar-refractivity contribution in [3.8, 4) is 0 Å². The summed E-state index contributed by atoms with van der Waals surface area (Å²) in [5.41, 5.74) is 5.40. The smallest absolute Gasteiger partial charge is 0.242 e. The summed E-state index contributed by atoms with van der Waals surface area (Å²) in [5, 5.41) is 1.46. The summed E-state index contributed by atoms with van der Waals surface area (Å²) in [6, 6.07) is 19.9. The zero-order chi connectivity index (χ0) is 18.9. The first-order chi connectivity index (χ1) is 13.5. The first kappa shape index (κ1) is 16.8. The van der Waals surface area contributed by atoms with Crippen LogP contribution in [0.5, 0.6) is 0 Å². The van der Waals surface area contributed by atoms with Gasteiger partial charge in [-0.2, -0.15) is 0 Å². The molecule has 4 aliphatic heterocycles. The first-order valence-corrected chi connectivity index (χ1v) is 10.8. The number of piperidine rings is 2. The molecule has 28 heavy (non-hydrogen) atoms. The lowest BCUT2D eigenvalue weighted by Gasteiger charge is -2.60. The second kappa shape index (κ2) is 5.71. The largest absolute Gasteiger partial charge is 0.342 e. The van der Waals surface area contributed by atoms with E-state index >= 15 is 0 Å². The van der Waals surface area contributed by atoms with Crippen LogP contribution in [0.15, 0.2) is 60.8 Å². The average Bonchev–Trinajstić information content (AvgIpc) is 2.99. The lowest BCUT2D eigenvalue weighted by atomic mass is 9.63. The van der Waals surface area contributed by atoms with E-state index in [2.05, 4.69) is 79.2 Å². The minimum atomic E-state index is 0.537. The lowest BCUT2D eigenvalue weighted by molar-refractivity contribution is -1.18. The maximum Gasteiger partial charge on any atom is 0.242 e. The van der Waals surface area contributed by atoms with E-state index in [9.17, 15) is 0 Å². The van der Waals surface area contributed by atoms with Crippen LogP contribution in [0.25, 0.3) is 10.9 Å². The van der Waals surface area contributed by atoms with Crippen molar-refractivity contribution in [2.45, 2.75) is 33.0 Å². The number of hydrogen-bond acceptors (Lipinski definition) is 0. The molecule has 3 nitrogen and oxygen atoms in total. The van der Waals surface area contributed by atoms with Crippen LogP contribution >= 0.6 is 0 Å². The number of rotatable bonds is 3. The Kier molecular flexibility index (Phi) is 3.43. The number of nitrogens with one attached hydrogen (secondary N) is 2. The van der Waals surface area contributed by atoms with Gasteiger partial charge >= 0.3 is 0 Å². The van der Waals surface area contributed by atoms with Crippen molar-refractivity contribution in [3.63, 3.8) is 0 Å². The average molecular weight is 374 g/mol. The van der Waals surface area contributed by atoms with Crippen LogP contribution in [0.4, 0.5) is 0 Å². The van der Waals surface area contributed by atoms with Gasteiger partial charge in [0.25, 0.3) is 0 Å². The van der Waals surface area contributed by atoms with Gasteiger partial charge in [0.1, 0.15) is 0 Å². The highest BCUT2D eigenvalue weighted by Gasteiger charge is 2.63. The van der Waals surface area contributed by atoms with Gasteiger partial charge in [-0.25, -0.2) is 0 Å². The Hall–Kier alpha value is -2.10. The van der Waals surface area contributed by atoms with E-state index in [1.54, 1.807) is 5.56 Å². The molecule has 3 heteroatoms. The molecule has 2 aromatic carbocycles. The van der Waals surface area contributed by atoms with Crippen LogP contribution < -0.4 is 9.80 Å². The summed E-state index contributed by atoms with van der Waals surface area (Å²) in [7, 11) is 0. The van der Waals surface area contributed by atoms with Gasteiger partial charge in [-0.15, -0.1) is 0 Å². The zero-order valence-electron chi connectivity index (χ0n) is 17.0. The molecule has 0 amide bonds. The third kappa shape index (κ3) is 2.49. The van der Waals surface area contributed by atoms with E-state index in [0.29, 0.717) is 17.0 Å². The van der Waals surface area contributed by atoms with Crippen molar-refractivity contribution in [2.75, 3.05) is 26.2 Å². The monoisotopic (exact) mass is 373 g/mol. The highest BCUT2D eigenvalue weighted by atomic mass is 15.4. The first-order valence-electron chi connectivity index (χ1n) is 10.8. The zero-order valence-corrected chi connectivity index (χ0v) is 17.0. The number of para-hydroxylation sites is 1. The van der Waals surface area contributed by atoms with Gasteiger partial charge in [-0.1, -0.05) is 48.5 Å². The van der Waals surface area contributed by atoms with Crippen molar-refractivity contribution in [3.05, 3.63) is 71.9 Å². The predicted molar refractivity (Wildman–Crippen MR) is 112 cm³/mol. The van der Waals surface area contributed by atoms with Crippen LogP contribution in [0.3, 0.4) is 0 Å². The molecule has 1 aromatic heterocycles. The van der Waals surface area contributed by atoms with E-state index in [4.69, 9.17) is 0 Å². The Labute approximate surface area is 167 Å². The lowest BCUT2D eigenvalue weighted by Crippen LogP contribution is -3.40. The summed E-state index contributed by atoms with van der Waals surface area (Å²) in [6.45, 7) is 11.4. The second-order valence-electron chi connectivity index (χ2n) is 10.5. The van der Waals surface area contributed by atoms with E-state index in [-0.39, 0.29) is 0 Å². The molecule has 144 valence electrons. The summed E-state index contributed by atoms with van der Waals surface area (Å²) in [6.07, 6.45) is 4.51. The molecular weight excluding hydrogens is 342 g/mol. The summed E-state index contributed by atoms with van der Waals surface area (Å²) >= 11 is 0. The van der Waals surface area contributed by atoms with Gasteiger partial charge in [0.2, 0.25) is 6.17 Å². The molecular formula is C25H31N3+2. The number of aromatic nitrogens is 1. The fourth-order valence-electron chi connectivity index (χ4n) is 7.28. The molecule has 0 atom stereocenters. The van der Waals surface area contributed by atoms with Gasteiger partial charge in [0.15, 0.2) is 0 Å². The van der Waals surface area contributed by atoms with Crippen molar-refractivity contribution in [1.82, 2.24) is 4.57 Å². The second-order valence-corrected chi connectivity index (χ2v) is 10.5. The Morgan fingerprint density at radius 3 is 2.14 bits per heavy atom. The maximum absolute atomic E-state index is 2.54. The molecule has 0 aliphatic carbocycles. The van der Waals surface area contributed by atoms with Crippen LogP contribution in [-0.2, 0) is 6.54 Å². The fraction of sp³-hybridized carbons (Fsp3) is 0.440. The fourth-order valence-corrected chi connectivity index (χ4v) is 7.28. The SMILES string of the molecule is CC12C[NH+]3CC(C)(C[NH+](C1)C3c1cn(Cc3ccccc3)c3ccccc13)C2. The van der Waals surface area contributed by atoms with Crippen molar-refractivity contribution >= 4 is 10.9 Å². The number of hydrogen-bond donors (Lipinski definition) is 2. The van der Waals surface area contributed by atoms with Crippen LogP contribution in [0, 0.1) is 10.8 Å². The standard InChI is InChI=1S/C25H29N3/c1-24-14-25(2)17-27(15-24)23(28(16-24)18-25)21-13-26(12-19-8-4-3-5-9-19)22-11-7-6-10-20(21)22/h3-11,13,23H,12,14-18H2,1-2H3/p+2. The van der Waals surface area contributed by atoms with Crippen LogP contribution in [-0.4, -0.2) is 30.7 Å². The van der Waals surface area contributed by atoms with Crippen molar-refractivity contribution < 1.29 is 9.80 Å². The van der Waals surface area contributed by atoms with E-state index in [1.807, 2.05) is 9.80 Å². The molecule has 0 saturated carbocycles. The van der Waals surface area contributed by atoms with E-state index in [0.717, 1.165) is 6.54 Å². The van der Waals surface area contributed by atoms with Crippen LogP contribution in [0.2, 0.25) is 0 Å². The minimum absolute atomic E-state index is 0.537. The van der Waals surface area contributed by atoms with E-state index in [1.165, 1.54) is 49.1 Å². The number of fused-ring (bicyclic) bond motifs is 1. The summed E-state index contributed by atoms with van der Waals surface area (Å²) < 4.78 is 2.48. The third-order valence-electron chi connectivity index (χ3n) is 7.61. The molecule has 3 aromatic rings. The summed E-state index contributed by atoms with van der Waals surface area (Å²) in [5.74, 6) is 0. The number of nitrogens with zero attached hydrogens (tertiary/aromatic N) is 1. The molecule has 4 fully saturated rings. The Balaban J connectivity index is 1.44. The molecule has 4 aliphatic rings. The van der Waals surface area contributed by atoms with Crippen LogP contribution in [0.1, 0.15) is 37.6 Å². The van der Waals surface area contributed by atoms with Gasteiger partial charge in [-0.05, 0) is 31.9 Å². The molecule has 0 spiro atoms. The topological polar surface area (TPSA) is 13.8 Å². The third-order valence-corrected chi connectivity index (χ3v) is 7.61. The minimum Gasteiger partial charge on any atom is -0.342 e. The Bertz CT molecular complexity index is 998. The molecule has 7 rings (SSSR count). The molecule has 0 radical (unpaired) electrons. The number of quaternary nitrogens is 2. The van der Waals surface area contributed by atoms with Gasteiger partial charge in [0, 0.05) is 23.6 Å². The van der Waals surface area contributed by atoms with Gasteiger partial charge in [-0.3, -0.25) is 9.80 Å². The normalized spacial score (nSPS) is 36.3. The Morgan fingerprint density at radius 1 is 0.857 bits per heavy atom. The van der Waals surface area contributed by atoms with Crippen molar-refractivity contribution in [1.29, 1.82) is 0 Å². The quantitative estimate of drug-likeness (QED) is 0.697. The summed E-state index contributed by atoms with van der Waals surface area (Å²) in [4.78, 5) is 3.65. The molecule has 0 unspecified atom stereocenters. The molecule has 4 bridgehead atoms. The van der Waals surface area contributed by atoms with Crippen molar-refractivity contribution in [2.24, 2.45) is 10.8 Å². The molecule has 2 N–H and O–H groups in total. The highest BCUT2D eigenvalue weighted by molar-refractivity contribution is 5.84. The predicted octanol–water partition coefficient (Wildman–Crippen LogP) is 1.90. The molecule has 5 heterocycles. The van der Waals surface area contributed by atoms with Gasteiger partial charge < -0.3 is 4.57 Å². The van der Waals surface area contributed by atoms with E-state index < -0.39 is 0 Å². The molecule has 4 saturated heterocycles. The van der Waals surface area contributed by atoms with Gasteiger partial charge in [0.05, 0.1) is 42.6 Å².